The Hall–Kier alpha value is -0.380. The van der Waals surface area contributed by atoms with Crippen LogP contribution in [0, 0.1) is 5.21 Å². The number of aliphatic hydroxyl groups excluding tert-OH is 1. The first-order chi connectivity index (χ1) is 5.23. The summed E-state index contributed by atoms with van der Waals surface area (Å²) in [7, 11) is -5.82. The van der Waals surface area contributed by atoms with Crippen molar-refractivity contribution in [3.8, 4) is 0 Å². The van der Waals surface area contributed by atoms with E-state index in [1.54, 1.807) is 0 Å². The van der Waals surface area contributed by atoms with Gasteiger partial charge in [0.15, 0.2) is 0 Å². The maximum Gasteiger partial charge on any atom is 0.510 e. The minimum Gasteiger partial charge on any atom is -0.772 e. The van der Waals surface area contributed by atoms with Gasteiger partial charge in [0.1, 0.15) is 0 Å². The minimum atomic E-state index is -5.82. The Morgan fingerprint density at radius 3 is 2.08 bits per heavy atom. The quantitative estimate of drug-likeness (QED) is 0.641. The van der Waals surface area contributed by atoms with E-state index >= 15 is 0 Å². The Kier molecular flexibility index (Phi) is 3.45. The summed E-state index contributed by atoms with van der Waals surface area (Å²) in [5.74, 6) is 0. The first-order valence-corrected chi connectivity index (χ1v) is 4.04. The van der Waals surface area contributed by atoms with Crippen LogP contribution in [0.1, 0.15) is 0 Å². The molecule has 0 aliphatic rings. The topological polar surface area (TPSA) is 80.7 Å². The standard InChI is InChI=1S/C3H5F3NO4S/c4-3(5,6)12(10,11)7(9)1-2-8/h8H,1-2H2/q-1. The molecule has 0 aromatic rings. The number of aliphatic hydroxyl groups is 1. The Morgan fingerprint density at radius 1 is 1.42 bits per heavy atom. The highest BCUT2D eigenvalue weighted by atomic mass is 32.2. The van der Waals surface area contributed by atoms with Crippen molar-refractivity contribution in [1.29, 1.82) is 0 Å². The third-order valence-electron chi connectivity index (χ3n) is 0.843. The number of hydrogen-bond acceptors (Lipinski definition) is 4. The van der Waals surface area contributed by atoms with Crippen molar-refractivity contribution in [1.82, 2.24) is 4.47 Å². The van der Waals surface area contributed by atoms with Gasteiger partial charge < -0.3 is 10.3 Å². The van der Waals surface area contributed by atoms with Crippen LogP contribution in [0.25, 0.3) is 0 Å². The zero-order valence-electron chi connectivity index (χ0n) is 5.58. The third-order valence-corrected chi connectivity index (χ3v) is 2.15. The largest absolute Gasteiger partial charge is 0.772 e. The van der Waals surface area contributed by atoms with E-state index in [0.29, 0.717) is 0 Å². The highest BCUT2D eigenvalue weighted by Gasteiger charge is 2.46. The fraction of sp³-hybridized carbons (Fsp3) is 1.00. The van der Waals surface area contributed by atoms with Crippen LogP contribution in [0.4, 0.5) is 13.2 Å². The molecule has 0 radical (unpaired) electrons. The average Bonchev–Trinajstić information content (AvgIpc) is 1.85. The minimum absolute atomic E-state index is 0.960. The lowest BCUT2D eigenvalue weighted by atomic mass is 10.7. The fourth-order valence-electron chi connectivity index (χ4n) is 0.317. The molecule has 0 amide bonds. The van der Waals surface area contributed by atoms with Gasteiger partial charge in [-0.05, 0) is 0 Å². The summed E-state index contributed by atoms with van der Waals surface area (Å²) in [6.07, 6.45) is 0. The monoisotopic (exact) mass is 208 g/mol. The van der Waals surface area contributed by atoms with Gasteiger partial charge in [0.25, 0.3) is 0 Å². The van der Waals surface area contributed by atoms with Crippen molar-refractivity contribution in [3.05, 3.63) is 5.21 Å². The average molecular weight is 208 g/mol. The van der Waals surface area contributed by atoms with Crippen LogP contribution in [0.3, 0.4) is 0 Å². The maximum atomic E-state index is 11.5. The van der Waals surface area contributed by atoms with E-state index in [4.69, 9.17) is 5.11 Å². The number of hydrogen-bond donors (Lipinski definition) is 1. The molecular formula is C3H5F3NO4S-. The highest BCUT2D eigenvalue weighted by molar-refractivity contribution is 7.90. The van der Waals surface area contributed by atoms with Crippen molar-refractivity contribution in [2.45, 2.75) is 5.51 Å². The molecule has 0 aromatic heterocycles. The number of sulfonamides is 1. The molecule has 0 saturated carbocycles. The highest BCUT2D eigenvalue weighted by Crippen LogP contribution is 2.25. The van der Waals surface area contributed by atoms with Gasteiger partial charge in [0, 0.05) is 6.54 Å². The van der Waals surface area contributed by atoms with Crippen molar-refractivity contribution < 1.29 is 26.7 Å². The van der Waals surface area contributed by atoms with Gasteiger partial charge in [-0.15, -0.1) is 0 Å². The van der Waals surface area contributed by atoms with Crippen LogP contribution in [0.5, 0.6) is 0 Å². The lowest BCUT2D eigenvalue weighted by Crippen LogP contribution is -2.38. The van der Waals surface area contributed by atoms with Crippen molar-refractivity contribution >= 4 is 10.0 Å². The van der Waals surface area contributed by atoms with Crippen LogP contribution < -0.4 is 0 Å². The second-order valence-electron chi connectivity index (χ2n) is 1.70. The molecule has 0 rings (SSSR count). The van der Waals surface area contributed by atoms with E-state index in [-0.39, 0.29) is 0 Å². The lowest BCUT2D eigenvalue weighted by Gasteiger charge is -2.26. The van der Waals surface area contributed by atoms with Crippen LogP contribution >= 0.6 is 0 Å². The normalized spacial score (nSPS) is 13.8. The molecule has 1 N–H and O–H groups in total. The summed E-state index contributed by atoms with van der Waals surface area (Å²) in [5.41, 5.74) is -5.61. The molecule has 0 saturated heterocycles. The number of halogens is 3. The smallest absolute Gasteiger partial charge is 0.510 e. The first-order valence-electron chi connectivity index (χ1n) is 2.60. The maximum absolute atomic E-state index is 11.5. The van der Waals surface area contributed by atoms with E-state index in [1.807, 2.05) is 0 Å². The summed E-state index contributed by atoms with van der Waals surface area (Å²) in [6, 6.07) is 0. The number of nitrogens with zero attached hydrogens (tertiary/aromatic N) is 1. The predicted octanol–water partition coefficient (Wildman–Crippen LogP) is -0.372. The van der Waals surface area contributed by atoms with Gasteiger partial charge in [-0.1, -0.05) is 0 Å². The molecule has 74 valence electrons. The van der Waals surface area contributed by atoms with Gasteiger partial charge in [0.05, 0.1) is 6.61 Å². The van der Waals surface area contributed by atoms with E-state index in [9.17, 15) is 26.8 Å². The van der Waals surface area contributed by atoms with Crippen LogP contribution in [-0.4, -0.2) is 36.7 Å². The Balaban J connectivity index is 4.64. The second-order valence-corrected chi connectivity index (χ2v) is 3.52. The summed E-state index contributed by atoms with van der Waals surface area (Å²) in [4.78, 5) is 0. The number of alkyl halides is 3. The van der Waals surface area contributed by atoms with Gasteiger partial charge >= 0.3 is 15.5 Å². The van der Waals surface area contributed by atoms with Gasteiger partial charge in [0.2, 0.25) is 0 Å². The molecule has 0 aliphatic carbocycles. The van der Waals surface area contributed by atoms with Crippen molar-refractivity contribution in [3.63, 3.8) is 0 Å². The SMILES string of the molecule is O=S(=O)(N([O-])CCO)C(F)(F)F. The van der Waals surface area contributed by atoms with E-state index in [0.717, 1.165) is 0 Å². The second kappa shape index (κ2) is 3.56. The molecule has 0 fully saturated rings. The molecule has 9 heteroatoms. The first kappa shape index (κ1) is 11.6. The lowest BCUT2D eigenvalue weighted by molar-refractivity contribution is -0.0479. The number of rotatable bonds is 3. The summed E-state index contributed by atoms with van der Waals surface area (Å²) in [5, 5.41) is 18.2. The van der Waals surface area contributed by atoms with Crippen LogP contribution in [-0.2, 0) is 10.0 Å². The van der Waals surface area contributed by atoms with E-state index < -0.39 is 33.2 Å². The van der Waals surface area contributed by atoms with Gasteiger partial charge in [-0.25, -0.2) is 8.42 Å². The Bertz CT molecular complexity index is 234. The third kappa shape index (κ3) is 2.30. The molecule has 0 spiro atoms. The Morgan fingerprint density at radius 2 is 1.83 bits per heavy atom. The molecular weight excluding hydrogens is 203 g/mol. The molecule has 5 nitrogen and oxygen atoms in total. The summed E-state index contributed by atoms with van der Waals surface area (Å²) >= 11 is 0. The van der Waals surface area contributed by atoms with Gasteiger partial charge in [-0.3, -0.25) is 4.47 Å². The molecule has 0 heterocycles. The molecule has 0 bridgehead atoms. The van der Waals surface area contributed by atoms with Crippen molar-refractivity contribution in [2.75, 3.05) is 13.2 Å². The van der Waals surface area contributed by atoms with Gasteiger partial charge in [-0.2, -0.15) is 13.2 Å². The fourth-order valence-corrected chi connectivity index (χ4v) is 0.870. The molecule has 12 heavy (non-hydrogen) atoms. The number of hydroxylamine groups is 1. The van der Waals surface area contributed by atoms with Crippen LogP contribution in [0.15, 0.2) is 0 Å². The molecule has 0 unspecified atom stereocenters. The van der Waals surface area contributed by atoms with E-state index in [1.165, 1.54) is 0 Å². The Labute approximate surface area is 66.0 Å². The van der Waals surface area contributed by atoms with Crippen LogP contribution in [0.2, 0.25) is 0 Å². The summed E-state index contributed by atoms with van der Waals surface area (Å²) < 4.78 is 53.5. The zero-order chi connectivity index (χ0) is 9.99. The van der Waals surface area contributed by atoms with E-state index in [2.05, 4.69) is 0 Å². The predicted molar refractivity (Wildman–Crippen MR) is 32.1 cm³/mol. The molecule has 0 aliphatic heterocycles. The molecule has 0 atom stereocenters. The van der Waals surface area contributed by atoms with Crippen molar-refractivity contribution in [2.24, 2.45) is 0 Å². The molecule has 0 aromatic carbocycles. The summed E-state index contributed by atoms with van der Waals surface area (Å²) in [6.45, 7) is -2.08. The zero-order valence-corrected chi connectivity index (χ0v) is 6.39.